The fraction of sp³-hybridized carbons (Fsp3) is 0.743. The average molecular weight is 716 g/mol. The van der Waals surface area contributed by atoms with Crippen LogP contribution in [0.3, 0.4) is 0 Å². The molecule has 4 amide bonds. The number of benzene rings is 1. The van der Waals surface area contributed by atoms with E-state index in [1.807, 2.05) is 24.3 Å². The van der Waals surface area contributed by atoms with Crippen LogP contribution in [0.2, 0.25) is 0 Å². The van der Waals surface area contributed by atoms with Gasteiger partial charge in [-0.05, 0) is 70.1 Å². The quantitative estimate of drug-likeness (QED) is 0.0835. The number of hydrogen-bond donors (Lipinski definition) is 3. The van der Waals surface area contributed by atoms with Crippen molar-refractivity contribution >= 4 is 38.1 Å². The van der Waals surface area contributed by atoms with Crippen LogP contribution >= 0.6 is 20.3 Å². The van der Waals surface area contributed by atoms with Gasteiger partial charge >= 0.3 is 6.03 Å². The van der Waals surface area contributed by atoms with Gasteiger partial charge in [0.1, 0.15) is 6.10 Å². The topological polar surface area (TPSA) is 130 Å². The fourth-order valence-corrected chi connectivity index (χ4v) is 9.07. The van der Waals surface area contributed by atoms with Crippen molar-refractivity contribution in [2.24, 2.45) is 0 Å². The molecule has 1 aromatic carbocycles. The van der Waals surface area contributed by atoms with Crippen molar-refractivity contribution in [1.82, 2.24) is 20.2 Å². The third-order valence-electron chi connectivity index (χ3n) is 8.42. The molecule has 3 unspecified atom stereocenters. The summed E-state index contributed by atoms with van der Waals surface area (Å²) in [7, 11) is 1.55. The number of nitrogens with one attached hydrogen (secondary N) is 2. The molecule has 0 spiro atoms. The number of rotatable bonds is 20. The van der Waals surface area contributed by atoms with Crippen LogP contribution in [0.4, 0.5) is 4.79 Å². The highest BCUT2D eigenvalue weighted by Crippen LogP contribution is 2.46. The van der Waals surface area contributed by atoms with Gasteiger partial charge in [0.15, 0.2) is 0 Å². The molecule has 0 saturated carbocycles. The highest BCUT2D eigenvalue weighted by molar-refractivity contribution is 8.00. The number of hydrogen-bond acceptors (Lipinski definition) is 9. The third-order valence-corrected chi connectivity index (χ3v) is 12.0. The molecule has 0 aromatic heterocycles. The fourth-order valence-electron chi connectivity index (χ4n) is 5.96. The summed E-state index contributed by atoms with van der Waals surface area (Å²) in [5, 5.41) is 10.8. The highest BCUT2D eigenvalue weighted by Gasteiger charge is 2.50. The van der Waals surface area contributed by atoms with Gasteiger partial charge in [-0.2, -0.15) is 11.8 Å². The van der Waals surface area contributed by atoms with Crippen LogP contribution < -0.4 is 10.6 Å². The highest BCUT2D eigenvalue weighted by atomic mass is 32.2. The van der Waals surface area contributed by atoms with Gasteiger partial charge in [-0.1, -0.05) is 46.7 Å². The van der Waals surface area contributed by atoms with E-state index in [1.165, 1.54) is 12.3 Å². The summed E-state index contributed by atoms with van der Waals surface area (Å²) in [6.07, 6.45) is 3.14. The number of fused-ring (bicyclic) bond motifs is 1. The number of amides is 4. The lowest BCUT2D eigenvalue weighted by atomic mass is 9.86. The zero-order chi connectivity index (χ0) is 37.4. The number of thioether (sulfide) groups is 1. The van der Waals surface area contributed by atoms with E-state index in [9.17, 15) is 14.4 Å². The van der Waals surface area contributed by atoms with E-state index in [0.29, 0.717) is 37.3 Å². The molecule has 48 heavy (non-hydrogen) atoms. The van der Waals surface area contributed by atoms with Crippen molar-refractivity contribution in [3.8, 4) is 0 Å². The first-order chi connectivity index (χ1) is 23.8. The summed E-state index contributed by atoms with van der Waals surface area (Å²) in [5.74, 6) is 0.472. The third kappa shape index (κ3) is 11.9. The normalized spacial score (nSPS) is 21.0. The van der Waals surface area contributed by atoms with E-state index in [4.69, 9.17) is 16.6 Å². The van der Waals surface area contributed by atoms with Gasteiger partial charge in [-0.3, -0.25) is 14.5 Å². The Hall–Kier alpha value is -1.79. The molecule has 13 heteroatoms. The van der Waals surface area contributed by atoms with Crippen LogP contribution in [0.15, 0.2) is 24.3 Å². The molecule has 274 valence electrons. The zero-order valence-corrected chi connectivity index (χ0v) is 32.2. The Morgan fingerprint density at radius 1 is 1.21 bits per heavy atom. The number of imide groups is 1. The molecule has 2 fully saturated rings. The Bertz CT molecular complexity index is 1170. The SMILES string of the molecule is [2H]OCC(COCCCNC(=O)CCCCC1SC[C@H]2[C@@H]1NC(=O)N2C(=O)c1ccc(C(C)(C)C)cc1)OP(OC)N(C(C)C)C(C)C.[3H]C. The van der Waals surface area contributed by atoms with E-state index in [2.05, 4.69) is 68.9 Å². The number of aliphatic hydroxyl groups excluding tert-OH is 1. The lowest BCUT2D eigenvalue weighted by Gasteiger charge is -2.36. The van der Waals surface area contributed by atoms with Crippen molar-refractivity contribution in [2.75, 3.05) is 39.2 Å². The number of nitrogens with zero attached hydrogens (tertiary/aromatic N) is 2. The van der Waals surface area contributed by atoms with E-state index in [1.54, 1.807) is 18.9 Å². The molecule has 3 rings (SSSR count). The summed E-state index contributed by atoms with van der Waals surface area (Å²) in [4.78, 5) is 40.0. The van der Waals surface area contributed by atoms with Crippen LogP contribution in [-0.2, 0) is 24.0 Å². The minimum Gasteiger partial charge on any atom is -0.394 e. The molecular formula is C35H61N4O7PS. The molecule has 2 aliphatic heterocycles. The van der Waals surface area contributed by atoms with E-state index in [0.717, 1.165) is 24.8 Å². The Kier molecular flexibility index (Phi) is 16.4. The van der Waals surface area contributed by atoms with Gasteiger partial charge in [-0.25, -0.2) is 9.46 Å². The summed E-state index contributed by atoms with van der Waals surface area (Å²) >= 11 is 1.79. The van der Waals surface area contributed by atoms with Crippen molar-refractivity contribution in [3.05, 3.63) is 35.4 Å². The predicted molar refractivity (Wildman–Crippen MR) is 195 cm³/mol. The number of urea groups is 1. The molecule has 1 aromatic rings. The van der Waals surface area contributed by atoms with Crippen LogP contribution in [0.25, 0.3) is 0 Å². The number of aliphatic hydroxyl groups is 1. The molecule has 2 saturated heterocycles. The first-order valence-electron chi connectivity index (χ1n) is 18.3. The van der Waals surface area contributed by atoms with Gasteiger partial charge < -0.3 is 29.5 Å². The molecular weight excluding hydrogens is 651 g/mol. The second-order valence-electron chi connectivity index (χ2n) is 13.8. The Morgan fingerprint density at radius 2 is 1.90 bits per heavy atom. The molecule has 2 heterocycles. The molecule has 0 bridgehead atoms. The van der Waals surface area contributed by atoms with Gasteiger partial charge in [-0.15, -0.1) is 0 Å². The minimum atomic E-state index is -1.32. The molecule has 11 nitrogen and oxygen atoms in total. The Labute approximate surface area is 297 Å². The summed E-state index contributed by atoms with van der Waals surface area (Å²) in [5.41, 5.74) is 1.65. The lowest BCUT2D eigenvalue weighted by Crippen LogP contribution is -2.41. The van der Waals surface area contributed by atoms with Crippen molar-refractivity contribution in [3.63, 3.8) is 0 Å². The average Bonchev–Trinajstić information content (AvgIpc) is 3.61. The monoisotopic (exact) mass is 715 g/mol. The molecule has 2 aliphatic rings. The minimum absolute atomic E-state index is 0.00684. The van der Waals surface area contributed by atoms with Crippen molar-refractivity contribution in [2.45, 2.75) is 129 Å². The smallest absolute Gasteiger partial charge is 0.325 e. The number of ether oxygens (including phenoxy) is 1. The van der Waals surface area contributed by atoms with E-state index >= 15 is 0 Å². The predicted octanol–water partition coefficient (Wildman–Crippen LogP) is 6.09. The molecule has 0 radical (unpaired) electrons. The van der Waals surface area contributed by atoms with Gasteiger partial charge in [0.05, 0.1) is 25.3 Å². The first kappa shape index (κ1) is 39.0. The summed E-state index contributed by atoms with van der Waals surface area (Å²) in [6, 6.07) is 7.47. The number of unbranched alkanes of at least 4 members (excludes halogenated alkanes) is 1. The maximum atomic E-state index is 13.3. The standard InChI is InChI=1S/C34H57N4O7PS.CH4/c1-23(2)38(24(3)4)46(43-8)45-27(20-39)21-44-19-11-18-35-30(40)13-10-9-12-29-31-28(22-47-29)37(33(42)36-31)32(41)25-14-16-26(17-15-25)34(5,6)7;/h14-17,23-24,27-29,31,39H,9-13,18-22H2,1-8H3,(H,35,40)(H,36,42);1H4/t27?,28-,29?,31-,46?;/m0./s1/i39D;1T. The van der Waals surface area contributed by atoms with Crippen LogP contribution in [0, 0.1) is 0 Å². The maximum absolute atomic E-state index is 13.3. The largest absolute Gasteiger partial charge is 0.394 e. The van der Waals surface area contributed by atoms with Crippen LogP contribution in [-0.4, -0.2) is 109 Å². The Balaban J connectivity index is 0.00000425. The summed E-state index contributed by atoms with van der Waals surface area (Å²) < 4.78 is 32.6. The maximum Gasteiger partial charge on any atom is 0.325 e. The van der Waals surface area contributed by atoms with Gasteiger partial charge in [0.25, 0.3) is 14.4 Å². The second-order valence-corrected chi connectivity index (χ2v) is 16.6. The van der Waals surface area contributed by atoms with Crippen molar-refractivity contribution in [1.29, 1.82) is 1.43 Å². The van der Waals surface area contributed by atoms with Crippen LogP contribution in [0.5, 0.6) is 0 Å². The second kappa shape index (κ2) is 20.2. The summed E-state index contributed by atoms with van der Waals surface area (Å²) in [6.45, 7) is 16.0. The zero-order valence-electron chi connectivity index (χ0n) is 32.5. The van der Waals surface area contributed by atoms with E-state index < -0.39 is 14.6 Å². The number of carbonyl (C=O) groups excluding carboxylic acids is 3. The van der Waals surface area contributed by atoms with E-state index in [-0.39, 0.29) is 65.9 Å². The van der Waals surface area contributed by atoms with Gasteiger partial charge in [0, 0.05) is 56.7 Å². The van der Waals surface area contributed by atoms with Crippen LogP contribution in [0.1, 0.15) is 105 Å². The lowest BCUT2D eigenvalue weighted by molar-refractivity contribution is -0.121. The van der Waals surface area contributed by atoms with Crippen molar-refractivity contribution < 1.29 is 34.6 Å². The van der Waals surface area contributed by atoms with Gasteiger partial charge in [0.2, 0.25) is 7.34 Å². The Morgan fingerprint density at radius 3 is 2.50 bits per heavy atom. The first-order valence-corrected chi connectivity index (χ1v) is 19.0. The molecule has 3 N–H and O–H groups in total. The molecule has 0 aliphatic carbocycles. The number of carbonyl (C=O) groups is 3. The molecule has 5 atom stereocenters.